The Balaban J connectivity index is 2.38. The van der Waals surface area contributed by atoms with Crippen molar-refractivity contribution in [2.75, 3.05) is 6.61 Å². The molecule has 1 aromatic heterocycles. The first-order valence-electron chi connectivity index (χ1n) is 7.04. The van der Waals surface area contributed by atoms with Crippen LogP contribution in [0.2, 0.25) is 0 Å². The zero-order chi connectivity index (χ0) is 16.1. The van der Waals surface area contributed by atoms with Gasteiger partial charge in [0, 0.05) is 4.88 Å². The summed E-state index contributed by atoms with van der Waals surface area (Å²) in [6, 6.07) is 13.1. The van der Waals surface area contributed by atoms with Crippen molar-refractivity contribution in [1.82, 2.24) is 0 Å². The maximum absolute atomic E-state index is 12.3. The molecule has 1 aromatic carbocycles. The predicted octanol–water partition coefficient (Wildman–Crippen LogP) is 4.41. The van der Waals surface area contributed by atoms with Crippen molar-refractivity contribution >= 4 is 39.0 Å². The van der Waals surface area contributed by atoms with E-state index >= 15 is 0 Å². The largest absolute Gasteiger partial charge is 0.465 e. The average Bonchev–Trinajstić information content (AvgIpc) is 2.97. The smallest absolute Gasteiger partial charge is 0.318 e. The van der Waals surface area contributed by atoms with E-state index in [1.165, 1.54) is 11.3 Å². The predicted molar refractivity (Wildman–Crippen MR) is 92.0 cm³/mol. The third-order valence-corrected chi connectivity index (χ3v) is 4.75. The van der Waals surface area contributed by atoms with Gasteiger partial charge in [0.05, 0.1) is 16.3 Å². The quantitative estimate of drug-likeness (QED) is 0.423. The fourth-order valence-electron chi connectivity index (χ4n) is 2.12. The van der Waals surface area contributed by atoms with Gasteiger partial charge in [0.2, 0.25) is 0 Å². The maximum Gasteiger partial charge on any atom is 0.318 e. The van der Waals surface area contributed by atoms with E-state index in [1.807, 2.05) is 36.4 Å². The molecule has 0 aliphatic heterocycles. The Morgan fingerprint density at radius 3 is 2.45 bits per heavy atom. The highest BCUT2D eigenvalue weighted by Crippen LogP contribution is 2.32. The Labute approximate surface area is 142 Å². The van der Waals surface area contributed by atoms with Crippen molar-refractivity contribution in [3.05, 3.63) is 57.8 Å². The molecule has 0 saturated heterocycles. The van der Waals surface area contributed by atoms with Crippen LogP contribution in [0.4, 0.5) is 0 Å². The summed E-state index contributed by atoms with van der Waals surface area (Å²) in [5, 5.41) is 0. The normalized spacial score (nSPS) is 13.4. The molecule has 0 aliphatic rings. The van der Waals surface area contributed by atoms with E-state index in [0.717, 1.165) is 10.4 Å². The molecule has 0 spiro atoms. The van der Waals surface area contributed by atoms with E-state index in [1.54, 1.807) is 19.9 Å². The standard InChI is InChI=1S/C17H17BrO3S/c1-3-21-17(20)15(12-7-5-4-6-8-12)13-9-10-14(22-13)16(19)11(2)18/h4-11,15H,3H2,1-2H3. The van der Waals surface area contributed by atoms with E-state index < -0.39 is 5.92 Å². The molecule has 0 aliphatic carbocycles. The van der Waals surface area contributed by atoms with Gasteiger partial charge in [-0.05, 0) is 31.5 Å². The number of carbonyl (C=O) groups excluding carboxylic acids is 2. The minimum absolute atomic E-state index is 0.0203. The van der Waals surface area contributed by atoms with E-state index in [9.17, 15) is 9.59 Å². The number of Topliss-reactive ketones (excluding diaryl/α,β-unsaturated/α-hetero) is 1. The summed E-state index contributed by atoms with van der Waals surface area (Å²) in [5.74, 6) is -0.758. The number of hydrogen-bond donors (Lipinski definition) is 0. The molecule has 0 N–H and O–H groups in total. The number of ketones is 1. The second-order valence-corrected chi connectivity index (χ2v) is 7.27. The SMILES string of the molecule is CCOC(=O)C(c1ccccc1)c1ccc(C(=O)C(C)Br)s1. The summed E-state index contributed by atoms with van der Waals surface area (Å²) in [6.45, 7) is 3.91. The number of hydrogen-bond acceptors (Lipinski definition) is 4. The van der Waals surface area contributed by atoms with Crippen molar-refractivity contribution in [2.24, 2.45) is 0 Å². The first-order valence-corrected chi connectivity index (χ1v) is 8.77. The average molecular weight is 381 g/mol. The van der Waals surface area contributed by atoms with Gasteiger partial charge < -0.3 is 4.74 Å². The van der Waals surface area contributed by atoms with E-state index in [0.29, 0.717) is 11.5 Å². The van der Waals surface area contributed by atoms with Crippen LogP contribution in [0.15, 0.2) is 42.5 Å². The lowest BCUT2D eigenvalue weighted by molar-refractivity contribution is -0.143. The summed E-state index contributed by atoms with van der Waals surface area (Å²) in [4.78, 5) is 25.6. The van der Waals surface area contributed by atoms with Crippen LogP contribution >= 0.6 is 27.3 Å². The topological polar surface area (TPSA) is 43.4 Å². The molecule has 5 heteroatoms. The molecule has 1 heterocycles. The first kappa shape index (κ1) is 16.9. The second kappa shape index (κ2) is 7.70. The van der Waals surface area contributed by atoms with Crippen LogP contribution < -0.4 is 0 Å². The van der Waals surface area contributed by atoms with Crippen molar-refractivity contribution in [1.29, 1.82) is 0 Å². The number of alkyl halides is 1. The van der Waals surface area contributed by atoms with Gasteiger partial charge in [-0.1, -0.05) is 46.3 Å². The number of esters is 1. The fraction of sp³-hybridized carbons (Fsp3) is 0.294. The van der Waals surface area contributed by atoms with Crippen LogP contribution in [-0.2, 0) is 9.53 Å². The lowest BCUT2D eigenvalue weighted by Crippen LogP contribution is -2.16. The van der Waals surface area contributed by atoms with Gasteiger partial charge in [-0.3, -0.25) is 9.59 Å². The van der Waals surface area contributed by atoms with Gasteiger partial charge >= 0.3 is 5.97 Å². The second-order valence-electron chi connectivity index (χ2n) is 4.78. The molecular weight excluding hydrogens is 364 g/mol. The Kier molecular flexibility index (Phi) is 5.91. The number of thiophene rings is 1. The van der Waals surface area contributed by atoms with Gasteiger partial charge in [-0.2, -0.15) is 0 Å². The molecule has 2 unspecified atom stereocenters. The van der Waals surface area contributed by atoms with Crippen molar-refractivity contribution in [3.8, 4) is 0 Å². The monoisotopic (exact) mass is 380 g/mol. The minimum Gasteiger partial charge on any atom is -0.465 e. The highest BCUT2D eigenvalue weighted by Gasteiger charge is 2.27. The Bertz CT molecular complexity index is 649. The van der Waals surface area contributed by atoms with Crippen molar-refractivity contribution in [2.45, 2.75) is 24.6 Å². The number of rotatable bonds is 6. The summed E-state index contributed by atoms with van der Waals surface area (Å²) in [7, 11) is 0. The number of halogens is 1. The van der Waals surface area contributed by atoms with Crippen LogP contribution in [-0.4, -0.2) is 23.2 Å². The first-order chi connectivity index (χ1) is 10.5. The fourth-order valence-corrected chi connectivity index (χ4v) is 3.68. The van der Waals surface area contributed by atoms with Crippen molar-refractivity contribution in [3.63, 3.8) is 0 Å². The van der Waals surface area contributed by atoms with Gasteiger partial charge in [0.15, 0.2) is 5.78 Å². The van der Waals surface area contributed by atoms with Crippen LogP contribution in [0.3, 0.4) is 0 Å². The van der Waals surface area contributed by atoms with Gasteiger partial charge in [-0.25, -0.2) is 0 Å². The van der Waals surface area contributed by atoms with E-state index in [-0.39, 0.29) is 16.6 Å². The van der Waals surface area contributed by atoms with Crippen LogP contribution in [0.25, 0.3) is 0 Å². The third kappa shape index (κ3) is 3.84. The van der Waals surface area contributed by atoms with Gasteiger partial charge in [-0.15, -0.1) is 11.3 Å². The van der Waals surface area contributed by atoms with Gasteiger partial charge in [0.1, 0.15) is 5.92 Å². The zero-order valence-corrected chi connectivity index (χ0v) is 14.8. The third-order valence-electron chi connectivity index (χ3n) is 3.17. The molecule has 22 heavy (non-hydrogen) atoms. The summed E-state index contributed by atoms with van der Waals surface area (Å²) in [5.41, 5.74) is 0.869. The summed E-state index contributed by atoms with van der Waals surface area (Å²) < 4.78 is 5.20. The molecule has 2 rings (SSSR count). The Morgan fingerprint density at radius 2 is 1.86 bits per heavy atom. The zero-order valence-electron chi connectivity index (χ0n) is 12.4. The number of carbonyl (C=O) groups is 2. The molecule has 116 valence electrons. The molecule has 0 fully saturated rings. The molecule has 0 bridgehead atoms. The maximum atomic E-state index is 12.3. The Morgan fingerprint density at radius 1 is 1.18 bits per heavy atom. The van der Waals surface area contributed by atoms with Gasteiger partial charge in [0.25, 0.3) is 0 Å². The molecule has 0 radical (unpaired) electrons. The van der Waals surface area contributed by atoms with Crippen LogP contribution in [0.1, 0.15) is 39.9 Å². The van der Waals surface area contributed by atoms with E-state index in [4.69, 9.17) is 4.74 Å². The minimum atomic E-state index is -0.488. The molecule has 2 atom stereocenters. The van der Waals surface area contributed by atoms with Crippen molar-refractivity contribution < 1.29 is 14.3 Å². The lowest BCUT2D eigenvalue weighted by atomic mass is 9.97. The Hall–Kier alpha value is -1.46. The number of benzene rings is 1. The lowest BCUT2D eigenvalue weighted by Gasteiger charge is -2.14. The number of ether oxygens (including phenoxy) is 1. The molecular formula is C17H17BrO3S. The van der Waals surface area contributed by atoms with Crippen LogP contribution in [0, 0.1) is 0 Å². The highest BCUT2D eigenvalue weighted by atomic mass is 79.9. The molecule has 0 saturated carbocycles. The summed E-state index contributed by atoms with van der Waals surface area (Å²) >= 11 is 4.63. The molecule has 3 nitrogen and oxygen atoms in total. The highest BCUT2D eigenvalue weighted by molar-refractivity contribution is 9.10. The van der Waals surface area contributed by atoms with Crippen LogP contribution in [0.5, 0.6) is 0 Å². The van der Waals surface area contributed by atoms with E-state index in [2.05, 4.69) is 15.9 Å². The summed E-state index contributed by atoms with van der Waals surface area (Å²) in [6.07, 6.45) is 0. The molecule has 2 aromatic rings. The molecule has 0 amide bonds.